The van der Waals surface area contributed by atoms with Crippen molar-refractivity contribution in [3.63, 3.8) is 0 Å². The number of fused-ring (bicyclic) bond motifs is 1. The van der Waals surface area contributed by atoms with Gasteiger partial charge in [-0.2, -0.15) is 0 Å². The second-order valence-electron chi connectivity index (χ2n) is 6.89. The number of aryl methyl sites for hydroxylation is 1. The lowest BCUT2D eigenvalue weighted by Gasteiger charge is -2.38. The van der Waals surface area contributed by atoms with Gasteiger partial charge in [-0.1, -0.05) is 12.1 Å². The quantitative estimate of drug-likeness (QED) is 0.838. The average molecular weight is 380 g/mol. The number of aliphatic hydroxyl groups is 1. The topological polar surface area (TPSA) is 75.6 Å². The Morgan fingerprint density at radius 1 is 1.32 bits per heavy atom. The third kappa shape index (κ3) is 3.33. The number of hydrogen-bond acceptors (Lipinski definition) is 5. The van der Waals surface area contributed by atoms with Crippen LogP contribution in [0.15, 0.2) is 33.9 Å². The first kappa shape index (κ1) is 17.0. The summed E-state index contributed by atoms with van der Waals surface area (Å²) in [6.07, 6.45) is 1.74. The van der Waals surface area contributed by atoms with Crippen LogP contribution in [0, 0.1) is 12.8 Å². The highest BCUT2D eigenvalue weighted by Crippen LogP contribution is 2.40. The SMILES string of the molecule is Cc1csc(S(=O)(=O)N[C@H](c2ccc3c(c2)CCO3)C2CC(O)C2)c1. The molecular weight excluding hydrogens is 358 g/mol. The van der Waals surface area contributed by atoms with E-state index in [9.17, 15) is 13.5 Å². The van der Waals surface area contributed by atoms with Crippen molar-refractivity contribution in [3.8, 4) is 5.75 Å². The zero-order chi connectivity index (χ0) is 17.6. The Morgan fingerprint density at radius 2 is 2.12 bits per heavy atom. The number of sulfonamides is 1. The van der Waals surface area contributed by atoms with E-state index in [0.717, 1.165) is 28.9 Å². The lowest BCUT2D eigenvalue weighted by atomic mass is 9.75. The summed E-state index contributed by atoms with van der Waals surface area (Å²) in [5.41, 5.74) is 3.00. The van der Waals surface area contributed by atoms with Gasteiger partial charge in [0.1, 0.15) is 9.96 Å². The molecule has 2 N–H and O–H groups in total. The van der Waals surface area contributed by atoms with Gasteiger partial charge in [-0.3, -0.25) is 0 Å². The number of rotatable bonds is 5. The molecule has 1 aliphatic carbocycles. The normalized spacial score (nSPS) is 23.6. The van der Waals surface area contributed by atoms with Gasteiger partial charge in [0.15, 0.2) is 0 Å². The van der Waals surface area contributed by atoms with Crippen molar-refractivity contribution < 1.29 is 18.3 Å². The summed E-state index contributed by atoms with van der Waals surface area (Å²) >= 11 is 1.23. The molecule has 2 aliphatic rings. The molecule has 7 heteroatoms. The van der Waals surface area contributed by atoms with Crippen LogP contribution >= 0.6 is 11.3 Å². The second kappa shape index (κ2) is 6.39. The Kier molecular flexibility index (Phi) is 4.35. The van der Waals surface area contributed by atoms with E-state index in [-0.39, 0.29) is 18.1 Å². The minimum Gasteiger partial charge on any atom is -0.493 e. The molecule has 1 atom stereocenters. The van der Waals surface area contributed by atoms with Gasteiger partial charge in [0, 0.05) is 6.42 Å². The molecule has 5 nitrogen and oxygen atoms in total. The zero-order valence-electron chi connectivity index (χ0n) is 13.9. The smallest absolute Gasteiger partial charge is 0.250 e. The summed E-state index contributed by atoms with van der Waals surface area (Å²) in [6.45, 7) is 2.56. The van der Waals surface area contributed by atoms with Crippen LogP contribution in [0.3, 0.4) is 0 Å². The number of hydrogen-bond donors (Lipinski definition) is 2. The number of benzene rings is 1. The van der Waals surface area contributed by atoms with Gasteiger partial charge in [0.2, 0.25) is 0 Å². The van der Waals surface area contributed by atoms with Gasteiger partial charge in [0.25, 0.3) is 10.0 Å². The van der Waals surface area contributed by atoms with E-state index in [0.29, 0.717) is 23.7 Å². The molecule has 2 aromatic rings. The highest BCUT2D eigenvalue weighted by Gasteiger charge is 2.37. The first-order chi connectivity index (χ1) is 11.9. The maximum atomic E-state index is 12.8. The third-order valence-corrected chi connectivity index (χ3v) is 7.95. The van der Waals surface area contributed by atoms with Gasteiger partial charge in [-0.25, -0.2) is 13.1 Å². The number of thiophene rings is 1. The van der Waals surface area contributed by atoms with Crippen LogP contribution in [-0.2, 0) is 16.4 Å². The molecule has 0 bridgehead atoms. The second-order valence-corrected chi connectivity index (χ2v) is 9.75. The van der Waals surface area contributed by atoms with Crippen molar-refractivity contribution >= 4 is 21.4 Å². The summed E-state index contributed by atoms with van der Waals surface area (Å²) in [5.74, 6) is 0.985. The minimum absolute atomic E-state index is 0.103. The molecule has 0 spiro atoms. The first-order valence-corrected chi connectivity index (χ1v) is 10.8. The molecule has 1 aliphatic heterocycles. The average Bonchev–Trinajstić information content (AvgIpc) is 3.18. The van der Waals surface area contributed by atoms with Crippen molar-refractivity contribution in [2.45, 2.75) is 42.5 Å². The monoisotopic (exact) mass is 379 g/mol. The molecule has 1 saturated carbocycles. The van der Waals surface area contributed by atoms with E-state index in [4.69, 9.17) is 4.74 Å². The van der Waals surface area contributed by atoms with Crippen molar-refractivity contribution in [1.29, 1.82) is 0 Å². The molecule has 0 radical (unpaired) electrons. The molecule has 1 fully saturated rings. The van der Waals surface area contributed by atoms with Crippen molar-refractivity contribution in [2.24, 2.45) is 5.92 Å². The predicted molar refractivity (Wildman–Crippen MR) is 96.5 cm³/mol. The number of nitrogens with one attached hydrogen (secondary N) is 1. The summed E-state index contributed by atoms with van der Waals surface area (Å²) in [5, 5.41) is 11.5. The Hall–Kier alpha value is -1.41. The lowest BCUT2D eigenvalue weighted by Crippen LogP contribution is -2.41. The van der Waals surface area contributed by atoms with E-state index in [2.05, 4.69) is 4.72 Å². The van der Waals surface area contributed by atoms with Crippen molar-refractivity contribution in [2.75, 3.05) is 6.61 Å². The van der Waals surface area contributed by atoms with Crippen LogP contribution < -0.4 is 9.46 Å². The molecule has 0 unspecified atom stereocenters. The summed E-state index contributed by atoms with van der Waals surface area (Å²) in [4.78, 5) is 0. The van der Waals surface area contributed by atoms with E-state index >= 15 is 0 Å². The third-order valence-electron chi connectivity index (χ3n) is 4.95. The standard InChI is InChI=1S/C18H21NO4S2/c1-11-6-17(24-10-11)25(21,22)19-18(14-8-15(20)9-14)13-2-3-16-12(7-13)4-5-23-16/h2-3,6-7,10,14-15,18-20H,4-5,8-9H2,1H3/t14?,15?,18-/m1/s1. The summed E-state index contributed by atoms with van der Waals surface area (Å²) in [6, 6.07) is 7.25. The molecule has 1 aromatic carbocycles. The van der Waals surface area contributed by atoms with Crippen molar-refractivity contribution in [1.82, 2.24) is 4.72 Å². The molecule has 2 heterocycles. The maximum absolute atomic E-state index is 12.8. The minimum atomic E-state index is -3.58. The molecule has 1 aromatic heterocycles. The van der Waals surface area contributed by atoms with E-state index in [1.54, 1.807) is 6.07 Å². The number of aliphatic hydroxyl groups excluding tert-OH is 1. The highest BCUT2D eigenvalue weighted by atomic mass is 32.2. The van der Waals surface area contributed by atoms with Gasteiger partial charge in [-0.05, 0) is 59.9 Å². The van der Waals surface area contributed by atoms with Gasteiger partial charge >= 0.3 is 0 Å². The highest BCUT2D eigenvalue weighted by molar-refractivity contribution is 7.91. The summed E-state index contributed by atoms with van der Waals surface area (Å²) in [7, 11) is -3.58. The molecule has 25 heavy (non-hydrogen) atoms. The van der Waals surface area contributed by atoms with Crippen LogP contribution in [0.4, 0.5) is 0 Å². The van der Waals surface area contributed by atoms with Gasteiger partial charge in [-0.15, -0.1) is 11.3 Å². The van der Waals surface area contributed by atoms with Gasteiger partial charge in [0.05, 0.1) is 18.8 Å². The summed E-state index contributed by atoms with van der Waals surface area (Å²) < 4.78 is 34.4. The van der Waals surface area contributed by atoms with E-state index < -0.39 is 10.0 Å². The molecule has 134 valence electrons. The Bertz CT molecular complexity index is 884. The largest absolute Gasteiger partial charge is 0.493 e. The molecular formula is C18H21NO4S2. The van der Waals surface area contributed by atoms with E-state index in [1.165, 1.54) is 11.3 Å². The van der Waals surface area contributed by atoms with Crippen LogP contribution in [0.1, 0.15) is 35.6 Å². The fourth-order valence-electron chi connectivity index (χ4n) is 3.51. The van der Waals surface area contributed by atoms with Gasteiger partial charge < -0.3 is 9.84 Å². The predicted octanol–water partition coefficient (Wildman–Crippen LogP) is 2.78. The van der Waals surface area contributed by atoms with Crippen LogP contribution in [0.5, 0.6) is 5.75 Å². The maximum Gasteiger partial charge on any atom is 0.250 e. The fourth-order valence-corrected chi connectivity index (χ4v) is 6.05. The Labute approximate surface area is 151 Å². The van der Waals surface area contributed by atoms with Crippen molar-refractivity contribution in [3.05, 3.63) is 46.3 Å². The zero-order valence-corrected chi connectivity index (χ0v) is 15.6. The Balaban J connectivity index is 1.65. The van der Waals surface area contributed by atoms with Crippen LogP contribution in [0.2, 0.25) is 0 Å². The lowest BCUT2D eigenvalue weighted by molar-refractivity contribution is 0.0280. The first-order valence-electron chi connectivity index (χ1n) is 8.43. The Morgan fingerprint density at radius 3 is 2.80 bits per heavy atom. The van der Waals surface area contributed by atoms with E-state index in [1.807, 2.05) is 30.5 Å². The van der Waals surface area contributed by atoms with Crippen LogP contribution in [0.25, 0.3) is 0 Å². The van der Waals surface area contributed by atoms with Crippen LogP contribution in [-0.4, -0.2) is 26.2 Å². The molecule has 4 rings (SSSR count). The molecule has 0 saturated heterocycles. The fraction of sp³-hybridized carbons (Fsp3) is 0.444. The number of ether oxygens (including phenoxy) is 1. The molecule has 0 amide bonds.